The summed E-state index contributed by atoms with van der Waals surface area (Å²) in [6.07, 6.45) is 9.18. The van der Waals surface area contributed by atoms with Gasteiger partial charge in [0.15, 0.2) is 0 Å². The minimum Gasteiger partial charge on any atom is -0.396 e. The highest BCUT2D eigenvalue weighted by molar-refractivity contribution is 4.53. The van der Waals surface area contributed by atoms with E-state index in [0.29, 0.717) is 12.5 Å². The van der Waals surface area contributed by atoms with Crippen molar-refractivity contribution in [3.05, 3.63) is 0 Å². The van der Waals surface area contributed by atoms with Crippen LogP contribution in [0.4, 0.5) is 0 Å². The smallest absolute Gasteiger partial charge is 0.0742 e. The van der Waals surface area contributed by atoms with Crippen molar-refractivity contribution in [2.75, 3.05) is 26.4 Å². The van der Waals surface area contributed by atoms with Crippen LogP contribution < -0.4 is 0 Å². The number of rotatable bonds is 12. The van der Waals surface area contributed by atoms with Gasteiger partial charge < -0.3 is 20.1 Å². The lowest BCUT2D eigenvalue weighted by Gasteiger charge is -2.08. The SMILES string of the molecule is CC(O)CO.CCCCC(CC)CO.CCCCOCCCC. The van der Waals surface area contributed by atoms with E-state index in [-0.39, 0.29) is 6.61 Å². The Morgan fingerprint density at radius 3 is 1.48 bits per heavy atom. The summed E-state index contributed by atoms with van der Waals surface area (Å²) in [5.41, 5.74) is 0. The summed E-state index contributed by atoms with van der Waals surface area (Å²) in [5.74, 6) is 0.560. The Hall–Kier alpha value is -0.160. The lowest BCUT2D eigenvalue weighted by atomic mass is 10.0. The zero-order valence-electron chi connectivity index (χ0n) is 16.4. The molecule has 2 atom stereocenters. The quantitative estimate of drug-likeness (QED) is 0.468. The van der Waals surface area contributed by atoms with E-state index in [1.165, 1.54) is 51.9 Å². The molecule has 2 unspecified atom stereocenters. The van der Waals surface area contributed by atoms with Crippen LogP contribution >= 0.6 is 0 Å². The van der Waals surface area contributed by atoms with Crippen molar-refractivity contribution in [2.45, 2.75) is 92.1 Å². The molecule has 4 nitrogen and oxygen atoms in total. The summed E-state index contributed by atoms with van der Waals surface area (Å²) in [7, 11) is 0. The van der Waals surface area contributed by atoms with E-state index in [0.717, 1.165) is 19.6 Å². The maximum atomic E-state index is 8.75. The van der Waals surface area contributed by atoms with Crippen molar-refractivity contribution in [3.8, 4) is 0 Å². The van der Waals surface area contributed by atoms with Gasteiger partial charge in [-0.3, -0.25) is 0 Å². The molecule has 0 rings (SSSR count). The summed E-state index contributed by atoms with van der Waals surface area (Å²) in [5, 5.41) is 24.8. The van der Waals surface area contributed by atoms with Gasteiger partial charge in [0.2, 0.25) is 0 Å². The summed E-state index contributed by atoms with van der Waals surface area (Å²) in [6, 6.07) is 0. The molecule has 0 aromatic heterocycles. The molecule has 3 N–H and O–H groups in total. The predicted molar refractivity (Wildman–Crippen MR) is 99.8 cm³/mol. The molecule has 23 heavy (non-hydrogen) atoms. The number of aliphatic hydroxyl groups is 3. The third-order valence-corrected chi connectivity index (χ3v) is 3.35. The predicted octanol–water partition coefficient (Wildman–Crippen LogP) is 4.16. The van der Waals surface area contributed by atoms with Gasteiger partial charge in [-0.1, -0.05) is 59.8 Å². The van der Waals surface area contributed by atoms with Crippen molar-refractivity contribution in [1.29, 1.82) is 0 Å². The second kappa shape index (κ2) is 26.7. The highest BCUT2D eigenvalue weighted by Gasteiger charge is 2.01. The standard InChI is InChI=1S/2C8H18O.C3H8O2/c1-3-5-6-8(4-2)7-9;1-3-5-7-9-8-6-4-2;1-3(5)2-4/h8-9H,3-7H2,1-2H3;3-8H2,1-2H3;3-5H,2H2,1H3. The normalized spacial score (nSPS) is 12.5. The molecule has 0 aliphatic heterocycles. The van der Waals surface area contributed by atoms with Gasteiger partial charge in [-0.05, 0) is 32.1 Å². The summed E-state index contributed by atoms with van der Waals surface area (Å²) < 4.78 is 5.31. The average Bonchev–Trinajstić information content (AvgIpc) is 2.57. The van der Waals surface area contributed by atoms with Crippen LogP contribution in [0.25, 0.3) is 0 Å². The van der Waals surface area contributed by atoms with Crippen LogP contribution in [0.15, 0.2) is 0 Å². The molecule has 0 saturated carbocycles. The van der Waals surface area contributed by atoms with Crippen LogP contribution in [0.1, 0.15) is 86.0 Å². The molecule has 0 aliphatic rings. The van der Waals surface area contributed by atoms with Crippen molar-refractivity contribution in [2.24, 2.45) is 5.92 Å². The Kier molecular flexibility index (Phi) is 32.2. The fraction of sp³-hybridized carbons (Fsp3) is 1.00. The fourth-order valence-corrected chi connectivity index (χ4v) is 1.51. The minimum atomic E-state index is -0.560. The Bertz CT molecular complexity index is 165. The van der Waals surface area contributed by atoms with Gasteiger partial charge in [-0.15, -0.1) is 0 Å². The molecule has 0 saturated heterocycles. The largest absolute Gasteiger partial charge is 0.396 e. The summed E-state index contributed by atoms with van der Waals surface area (Å²) in [6.45, 7) is 12.4. The highest BCUT2D eigenvalue weighted by Crippen LogP contribution is 2.10. The highest BCUT2D eigenvalue weighted by atomic mass is 16.5. The molecule has 0 bridgehead atoms. The van der Waals surface area contributed by atoms with E-state index >= 15 is 0 Å². The van der Waals surface area contributed by atoms with Crippen LogP contribution in [0.3, 0.4) is 0 Å². The van der Waals surface area contributed by atoms with Crippen LogP contribution in [-0.4, -0.2) is 47.9 Å². The van der Waals surface area contributed by atoms with Gasteiger partial charge in [-0.2, -0.15) is 0 Å². The van der Waals surface area contributed by atoms with Gasteiger partial charge in [-0.25, -0.2) is 0 Å². The third kappa shape index (κ3) is 34.3. The summed E-state index contributed by atoms with van der Waals surface area (Å²) >= 11 is 0. The molecule has 0 spiro atoms. The van der Waals surface area contributed by atoms with E-state index in [1.807, 2.05) is 0 Å². The number of ether oxygens (including phenoxy) is 1. The van der Waals surface area contributed by atoms with Crippen molar-refractivity contribution in [1.82, 2.24) is 0 Å². The number of aliphatic hydroxyl groups excluding tert-OH is 3. The Labute approximate surface area is 145 Å². The zero-order chi connectivity index (χ0) is 18.3. The minimum absolute atomic E-state index is 0.139. The van der Waals surface area contributed by atoms with Gasteiger partial charge in [0.05, 0.1) is 12.7 Å². The van der Waals surface area contributed by atoms with Crippen LogP contribution in [0.2, 0.25) is 0 Å². The van der Waals surface area contributed by atoms with E-state index in [9.17, 15) is 0 Å². The maximum absolute atomic E-state index is 8.75. The topological polar surface area (TPSA) is 69.9 Å². The first-order valence-electron chi connectivity index (χ1n) is 9.51. The zero-order valence-corrected chi connectivity index (χ0v) is 16.4. The molecule has 0 heterocycles. The molecule has 144 valence electrons. The van der Waals surface area contributed by atoms with Crippen molar-refractivity contribution < 1.29 is 20.1 Å². The second-order valence-corrected chi connectivity index (χ2v) is 5.95. The maximum Gasteiger partial charge on any atom is 0.0742 e. The van der Waals surface area contributed by atoms with E-state index in [2.05, 4.69) is 27.7 Å². The van der Waals surface area contributed by atoms with Crippen molar-refractivity contribution >= 4 is 0 Å². The molecule has 0 fully saturated rings. The van der Waals surface area contributed by atoms with Gasteiger partial charge in [0.25, 0.3) is 0 Å². The molecule has 0 aromatic rings. The first kappa shape index (κ1) is 27.7. The van der Waals surface area contributed by atoms with Crippen LogP contribution in [0.5, 0.6) is 0 Å². The monoisotopic (exact) mass is 336 g/mol. The van der Waals surface area contributed by atoms with Crippen LogP contribution in [-0.2, 0) is 4.74 Å². The van der Waals surface area contributed by atoms with E-state index in [4.69, 9.17) is 20.1 Å². The molecule has 0 aliphatic carbocycles. The number of hydrogen-bond acceptors (Lipinski definition) is 4. The van der Waals surface area contributed by atoms with Gasteiger partial charge in [0, 0.05) is 19.8 Å². The number of unbranched alkanes of at least 4 members (excludes halogenated alkanes) is 3. The second-order valence-electron chi connectivity index (χ2n) is 5.95. The van der Waals surface area contributed by atoms with Gasteiger partial charge >= 0.3 is 0 Å². The molecule has 0 amide bonds. The summed E-state index contributed by atoms with van der Waals surface area (Å²) in [4.78, 5) is 0. The lowest BCUT2D eigenvalue weighted by molar-refractivity contribution is 0.110. The average molecular weight is 337 g/mol. The molecule has 0 radical (unpaired) electrons. The molecule has 0 aromatic carbocycles. The number of hydrogen-bond donors (Lipinski definition) is 3. The third-order valence-electron chi connectivity index (χ3n) is 3.35. The first-order valence-corrected chi connectivity index (χ1v) is 9.51. The molecule has 4 heteroatoms. The fourth-order valence-electron chi connectivity index (χ4n) is 1.51. The van der Waals surface area contributed by atoms with Crippen molar-refractivity contribution in [3.63, 3.8) is 0 Å². The van der Waals surface area contributed by atoms with E-state index in [1.54, 1.807) is 0 Å². The Morgan fingerprint density at radius 1 is 0.783 bits per heavy atom. The Balaban J connectivity index is -0.000000273. The first-order chi connectivity index (χ1) is 11.0. The van der Waals surface area contributed by atoms with Crippen LogP contribution in [0, 0.1) is 5.92 Å². The molecular weight excluding hydrogens is 292 g/mol. The van der Waals surface area contributed by atoms with Gasteiger partial charge in [0.1, 0.15) is 0 Å². The molecular formula is C19H44O4. The van der Waals surface area contributed by atoms with E-state index < -0.39 is 6.10 Å². The Morgan fingerprint density at radius 2 is 1.22 bits per heavy atom. The lowest BCUT2D eigenvalue weighted by Crippen LogP contribution is -2.03.